The molecule has 3 nitrogen and oxygen atoms in total. The number of ether oxygens (including phenoxy) is 1. The van der Waals surface area contributed by atoms with Crippen molar-refractivity contribution in [3.05, 3.63) is 40.6 Å². The topological polar surface area (TPSA) is 27.7 Å². The van der Waals surface area contributed by atoms with Gasteiger partial charge in [0.25, 0.3) is 0 Å². The molecule has 0 radical (unpaired) electrons. The zero-order valence-electron chi connectivity index (χ0n) is 15.0. The largest absolute Gasteiger partial charge is 0.525 e. The summed E-state index contributed by atoms with van der Waals surface area (Å²) in [6.45, 7) is 10.6. The minimum atomic E-state index is -1.01. The van der Waals surface area contributed by atoms with Crippen LogP contribution in [0.1, 0.15) is 46.6 Å². The predicted molar refractivity (Wildman–Crippen MR) is 96.7 cm³/mol. The summed E-state index contributed by atoms with van der Waals surface area (Å²) in [5.74, 6) is 0. The lowest BCUT2D eigenvalue weighted by Gasteiger charge is -2.32. The van der Waals surface area contributed by atoms with Gasteiger partial charge in [-0.1, -0.05) is 23.7 Å². The van der Waals surface area contributed by atoms with Crippen molar-refractivity contribution in [3.8, 4) is 0 Å². The third-order valence-corrected chi connectivity index (χ3v) is 4.89. The Morgan fingerprint density at radius 3 is 2.17 bits per heavy atom. The first-order valence-corrected chi connectivity index (χ1v) is 8.63. The van der Waals surface area contributed by atoms with Crippen molar-refractivity contribution < 1.29 is 18.4 Å². The first-order valence-electron chi connectivity index (χ1n) is 8.26. The first kappa shape index (κ1) is 19.4. The molecule has 0 amide bonds. The van der Waals surface area contributed by atoms with Crippen LogP contribution in [0.3, 0.4) is 0 Å². The maximum Gasteiger partial charge on any atom is 0.525 e. The van der Waals surface area contributed by atoms with Crippen LogP contribution in [0, 0.1) is 0 Å². The lowest BCUT2D eigenvalue weighted by atomic mass is 9.82. The molecule has 0 aliphatic carbocycles. The van der Waals surface area contributed by atoms with Crippen LogP contribution in [0.15, 0.2) is 30.0 Å². The fourth-order valence-electron chi connectivity index (χ4n) is 2.46. The van der Waals surface area contributed by atoms with Gasteiger partial charge < -0.3 is 14.0 Å². The standard InChI is InChI=1S/C18H25BClFO3/c1-6-22-12-11-15(13-7-9-14(20)10-8-13)16(21)19-23-17(2,3)18(4,5)24-19/h7-10H,6,11-12H2,1-5H3. The second kappa shape index (κ2) is 7.57. The zero-order valence-corrected chi connectivity index (χ0v) is 15.7. The summed E-state index contributed by atoms with van der Waals surface area (Å²) in [6.07, 6.45) is 0.436. The molecule has 1 aromatic rings. The molecule has 1 aliphatic heterocycles. The minimum absolute atomic E-state index is 0.407. The van der Waals surface area contributed by atoms with Crippen LogP contribution in [0.5, 0.6) is 0 Å². The highest BCUT2D eigenvalue weighted by molar-refractivity contribution is 6.55. The quantitative estimate of drug-likeness (QED) is 0.527. The van der Waals surface area contributed by atoms with E-state index in [2.05, 4.69) is 0 Å². The molecule has 0 unspecified atom stereocenters. The highest BCUT2D eigenvalue weighted by atomic mass is 35.5. The minimum Gasteiger partial charge on any atom is -0.398 e. The molecule has 1 aliphatic rings. The van der Waals surface area contributed by atoms with Crippen molar-refractivity contribution in [2.45, 2.75) is 52.2 Å². The fourth-order valence-corrected chi connectivity index (χ4v) is 2.59. The Bertz CT molecular complexity index is 583. The molecule has 1 heterocycles. The first-order chi connectivity index (χ1) is 11.2. The van der Waals surface area contributed by atoms with E-state index in [-0.39, 0.29) is 0 Å². The molecular formula is C18H25BClFO3. The van der Waals surface area contributed by atoms with E-state index in [1.807, 2.05) is 34.6 Å². The van der Waals surface area contributed by atoms with E-state index in [4.69, 9.17) is 25.6 Å². The molecule has 24 heavy (non-hydrogen) atoms. The van der Waals surface area contributed by atoms with Crippen molar-refractivity contribution in [1.29, 1.82) is 0 Å². The molecular weight excluding hydrogens is 329 g/mol. The van der Waals surface area contributed by atoms with Gasteiger partial charge in [0.05, 0.1) is 17.8 Å². The van der Waals surface area contributed by atoms with Gasteiger partial charge in [-0.2, -0.15) is 0 Å². The van der Waals surface area contributed by atoms with Gasteiger partial charge in [0.15, 0.2) is 0 Å². The van der Waals surface area contributed by atoms with E-state index in [1.54, 1.807) is 24.3 Å². The Labute approximate surface area is 149 Å². The van der Waals surface area contributed by atoms with E-state index in [0.29, 0.717) is 30.2 Å². The Morgan fingerprint density at radius 1 is 1.12 bits per heavy atom. The van der Waals surface area contributed by atoms with Crippen molar-refractivity contribution in [2.75, 3.05) is 13.2 Å². The molecule has 0 atom stereocenters. The summed E-state index contributed by atoms with van der Waals surface area (Å²) < 4.78 is 32.3. The SMILES string of the molecule is CCOCCC(=C(F)B1OC(C)(C)C(C)(C)O1)c1ccc(Cl)cc1. The second-order valence-corrected chi connectivity index (χ2v) is 7.30. The number of hydrogen-bond donors (Lipinski definition) is 0. The van der Waals surface area contributed by atoms with Gasteiger partial charge >= 0.3 is 7.12 Å². The van der Waals surface area contributed by atoms with Gasteiger partial charge in [0.2, 0.25) is 0 Å². The van der Waals surface area contributed by atoms with E-state index in [9.17, 15) is 0 Å². The van der Waals surface area contributed by atoms with Crippen LogP contribution in [-0.4, -0.2) is 31.5 Å². The normalized spacial score (nSPS) is 20.2. The monoisotopic (exact) mass is 354 g/mol. The average Bonchev–Trinajstić information content (AvgIpc) is 2.73. The van der Waals surface area contributed by atoms with Crippen LogP contribution in [0.2, 0.25) is 5.02 Å². The summed E-state index contributed by atoms with van der Waals surface area (Å²) in [5, 5.41) is 0.610. The number of hydrogen-bond acceptors (Lipinski definition) is 3. The van der Waals surface area contributed by atoms with Crippen molar-refractivity contribution in [1.82, 2.24) is 0 Å². The third-order valence-electron chi connectivity index (χ3n) is 4.64. The van der Waals surface area contributed by atoms with Gasteiger partial charge in [-0.15, -0.1) is 0 Å². The van der Waals surface area contributed by atoms with Crippen molar-refractivity contribution in [2.24, 2.45) is 0 Å². The van der Waals surface area contributed by atoms with E-state index in [1.165, 1.54) is 0 Å². The number of rotatable bonds is 6. The van der Waals surface area contributed by atoms with Gasteiger partial charge in [0, 0.05) is 11.6 Å². The van der Waals surface area contributed by atoms with Gasteiger partial charge in [-0.05, 0) is 64.3 Å². The Hall–Kier alpha value is -0.875. The molecule has 0 saturated carbocycles. The summed E-state index contributed by atoms with van der Waals surface area (Å²) in [5.41, 5.74) is -0.291. The van der Waals surface area contributed by atoms with E-state index < -0.39 is 24.0 Å². The maximum atomic E-state index is 15.2. The van der Waals surface area contributed by atoms with Gasteiger partial charge in [0.1, 0.15) is 5.73 Å². The maximum absolute atomic E-state index is 15.2. The lowest BCUT2D eigenvalue weighted by molar-refractivity contribution is 0.00578. The molecule has 6 heteroatoms. The van der Waals surface area contributed by atoms with Crippen LogP contribution in [0.25, 0.3) is 5.57 Å². The van der Waals surface area contributed by atoms with Crippen LogP contribution in [0.4, 0.5) is 4.39 Å². The smallest absolute Gasteiger partial charge is 0.398 e. The molecule has 0 aromatic heterocycles. The summed E-state index contributed by atoms with van der Waals surface area (Å²) in [6, 6.07) is 7.09. The van der Waals surface area contributed by atoms with E-state index >= 15 is 4.39 Å². The fraction of sp³-hybridized carbons (Fsp3) is 0.556. The van der Waals surface area contributed by atoms with Crippen molar-refractivity contribution >= 4 is 24.3 Å². The molecule has 132 valence electrons. The highest BCUT2D eigenvalue weighted by Crippen LogP contribution is 2.40. The lowest BCUT2D eigenvalue weighted by Crippen LogP contribution is -2.41. The molecule has 1 aromatic carbocycles. The van der Waals surface area contributed by atoms with Gasteiger partial charge in [-0.25, -0.2) is 4.39 Å². The van der Waals surface area contributed by atoms with Gasteiger partial charge in [-0.3, -0.25) is 0 Å². The highest BCUT2D eigenvalue weighted by Gasteiger charge is 2.53. The Balaban J connectivity index is 2.33. The summed E-state index contributed by atoms with van der Waals surface area (Å²) >= 11 is 5.94. The summed E-state index contributed by atoms with van der Waals surface area (Å²) in [7, 11) is -1.01. The number of benzene rings is 1. The third kappa shape index (κ3) is 4.20. The number of halogens is 2. The Morgan fingerprint density at radius 2 is 1.67 bits per heavy atom. The average molecular weight is 355 g/mol. The van der Waals surface area contributed by atoms with Crippen molar-refractivity contribution in [3.63, 3.8) is 0 Å². The molecule has 0 N–H and O–H groups in total. The van der Waals surface area contributed by atoms with Crippen LogP contribution >= 0.6 is 11.6 Å². The van der Waals surface area contributed by atoms with Crippen LogP contribution in [-0.2, 0) is 14.0 Å². The molecule has 2 rings (SSSR count). The molecule has 1 saturated heterocycles. The molecule has 0 spiro atoms. The summed E-state index contributed by atoms with van der Waals surface area (Å²) in [4.78, 5) is 0. The second-order valence-electron chi connectivity index (χ2n) is 6.87. The Kier molecular flexibility index (Phi) is 6.13. The molecule has 0 bridgehead atoms. The zero-order chi connectivity index (χ0) is 18.0. The predicted octanol–water partition coefficient (Wildman–Crippen LogP) is 5.08. The molecule has 1 fully saturated rings. The van der Waals surface area contributed by atoms with Crippen LogP contribution < -0.4 is 0 Å². The van der Waals surface area contributed by atoms with E-state index in [0.717, 1.165) is 5.56 Å².